The Balaban J connectivity index is 1.36. The molecular weight excluding hydrogens is 437 g/mol. The maximum atomic E-state index is 14.9. The number of nitrogens with zero attached hydrogens (tertiary/aromatic N) is 2. The lowest BCUT2D eigenvalue weighted by molar-refractivity contribution is -0.142. The number of hydrogen-bond acceptors (Lipinski definition) is 6. The Morgan fingerprint density at radius 1 is 1.12 bits per heavy atom. The van der Waals surface area contributed by atoms with Gasteiger partial charge in [0.1, 0.15) is 21.2 Å². The van der Waals surface area contributed by atoms with Crippen LogP contribution in [0.25, 0.3) is 20.9 Å². The number of ether oxygens (including phenoxy) is 1. The molecule has 1 aliphatic rings. The molecule has 1 fully saturated rings. The first-order valence-electron chi connectivity index (χ1n) is 11.1. The maximum absolute atomic E-state index is 14.9. The maximum Gasteiger partial charge on any atom is 0.319 e. The number of carbonyl (C=O) groups is 1. The molecule has 33 heavy (non-hydrogen) atoms. The van der Waals surface area contributed by atoms with Gasteiger partial charge in [-0.05, 0) is 55.2 Å². The number of aromatic nitrogens is 2. The molecule has 2 aromatic heterocycles. The smallest absolute Gasteiger partial charge is 0.319 e. The first-order chi connectivity index (χ1) is 16.1. The molecule has 5 nitrogen and oxygen atoms in total. The van der Waals surface area contributed by atoms with Crippen LogP contribution in [0.15, 0.2) is 60.7 Å². The zero-order chi connectivity index (χ0) is 22.8. The molecule has 5 rings (SSSR count). The van der Waals surface area contributed by atoms with E-state index in [4.69, 9.17) is 9.72 Å². The highest BCUT2D eigenvalue weighted by Crippen LogP contribution is 2.53. The summed E-state index contributed by atoms with van der Waals surface area (Å²) in [6, 6.07) is 19.6. The van der Waals surface area contributed by atoms with Crippen LogP contribution in [0.2, 0.25) is 0 Å². The number of nitrogens with one attached hydrogen (secondary N) is 1. The van der Waals surface area contributed by atoms with Crippen molar-refractivity contribution in [2.45, 2.75) is 31.7 Å². The molecule has 2 aromatic carbocycles. The van der Waals surface area contributed by atoms with Gasteiger partial charge in [0.15, 0.2) is 0 Å². The number of hydrogen-bond donors (Lipinski definition) is 1. The van der Waals surface area contributed by atoms with Crippen molar-refractivity contribution < 1.29 is 13.9 Å². The van der Waals surface area contributed by atoms with Crippen LogP contribution in [-0.4, -0.2) is 29.1 Å². The van der Waals surface area contributed by atoms with Gasteiger partial charge < -0.3 is 10.1 Å². The zero-order valence-electron chi connectivity index (χ0n) is 18.3. The molecule has 0 atom stereocenters. The monoisotopic (exact) mass is 461 g/mol. The number of carbonyl (C=O) groups excluding carboxylic acids is 1. The molecule has 1 N–H and O–H groups in total. The van der Waals surface area contributed by atoms with Gasteiger partial charge in [0.25, 0.3) is 0 Å². The summed E-state index contributed by atoms with van der Waals surface area (Å²) in [5, 5.41) is 3.58. The Kier molecular flexibility index (Phi) is 5.91. The summed E-state index contributed by atoms with van der Waals surface area (Å²) in [5.74, 6) is -0.663. The van der Waals surface area contributed by atoms with Crippen molar-refractivity contribution in [2.75, 3.05) is 13.2 Å². The first kappa shape index (κ1) is 21.7. The van der Waals surface area contributed by atoms with E-state index >= 15 is 0 Å². The normalized spacial score (nSPS) is 14.4. The Hall–Kier alpha value is -3.16. The molecule has 0 radical (unpaired) electrons. The summed E-state index contributed by atoms with van der Waals surface area (Å²) in [6.07, 6.45) is 2.17. The largest absolute Gasteiger partial charge is 0.465 e. The number of fused-ring (bicyclic) bond motifs is 1. The molecule has 2 heterocycles. The van der Waals surface area contributed by atoms with Gasteiger partial charge in [-0.3, -0.25) is 4.79 Å². The van der Waals surface area contributed by atoms with Crippen molar-refractivity contribution in [3.63, 3.8) is 0 Å². The molecule has 0 saturated heterocycles. The van der Waals surface area contributed by atoms with Crippen molar-refractivity contribution in [1.82, 2.24) is 15.3 Å². The summed E-state index contributed by atoms with van der Waals surface area (Å²) in [7, 11) is 0. The van der Waals surface area contributed by atoms with Gasteiger partial charge in [0.2, 0.25) is 0 Å². The Bertz CT molecular complexity index is 1300. The van der Waals surface area contributed by atoms with E-state index in [-0.39, 0.29) is 23.7 Å². The molecule has 7 heteroatoms. The van der Waals surface area contributed by atoms with Gasteiger partial charge in [-0.2, -0.15) is 0 Å². The number of esters is 1. The quantitative estimate of drug-likeness (QED) is 0.364. The van der Waals surface area contributed by atoms with Crippen molar-refractivity contribution >= 4 is 27.7 Å². The summed E-state index contributed by atoms with van der Waals surface area (Å²) >= 11 is 1.41. The highest BCUT2D eigenvalue weighted by Gasteiger charge is 2.47. The second kappa shape index (κ2) is 9.00. The van der Waals surface area contributed by atoms with E-state index in [1.807, 2.05) is 18.2 Å². The Morgan fingerprint density at radius 2 is 1.94 bits per heavy atom. The number of halogens is 1. The van der Waals surface area contributed by atoms with Gasteiger partial charge in [-0.25, -0.2) is 14.4 Å². The van der Waals surface area contributed by atoms with Crippen molar-refractivity contribution in [1.29, 1.82) is 0 Å². The molecule has 1 saturated carbocycles. The predicted molar refractivity (Wildman–Crippen MR) is 128 cm³/mol. The zero-order valence-corrected chi connectivity index (χ0v) is 19.1. The minimum absolute atomic E-state index is 0.0109. The lowest BCUT2D eigenvalue weighted by atomic mass is 9.92. The Labute approximate surface area is 195 Å². The lowest BCUT2D eigenvalue weighted by Crippen LogP contribution is -2.24. The molecule has 4 aromatic rings. The average Bonchev–Trinajstić information content (AvgIpc) is 3.53. The molecular formula is C26H24FN3O2S. The van der Waals surface area contributed by atoms with Crippen LogP contribution in [-0.2, 0) is 21.5 Å². The van der Waals surface area contributed by atoms with Gasteiger partial charge in [0.05, 0.1) is 18.8 Å². The van der Waals surface area contributed by atoms with Gasteiger partial charge in [0, 0.05) is 17.5 Å². The fourth-order valence-electron chi connectivity index (χ4n) is 4.14. The second-order valence-electron chi connectivity index (χ2n) is 8.21. The van der Waals surface area contributed by atoms with Crippen molar-refractivity contribution in [2.24, 2.45) is 0 Å². The topological polar surface area (TPSA) is 64.1 Å². The van der Waals surface area contributed by atoms with Crippen LogP contribution in [0.3, 0.4) is 0 Å². The molecule has 0 amide bonds. The molecule has 0 spiro atoms. The van der Waals surface area contributed by atoms with E-state index in [0.717, 1.165) is 34.4 Å². The predicted octanol–water partition coefficient (Wildman–Crippen LogP) is 5.23. The lowest BCUT2D eigenvalue weighted by Gasteiger charge is -2.14. The number of pyridine rings is 1. The number of benzene rings is 2. The average molecular weight is 462 g/mol. The molecule has 168 valence electrons. The molecule has 0 bridgehead atoms. The summed E-state index contributed by atoms with van der Waals surface area (Å²) in [4.78, 5) is 21.8. The highest BCUT2D eigenvalue weighted by atomic mass is 32.1. The fraction of sp³-hybridized carbons (Fsp3) is 0.269. The highest BCUT2D eigenvalue weighted by molar-refractivity contribution is 7.21. The van der Waals surface area contributed by atoms with Crippen LogP contribution < -0.4 is 5.32 Å². The van der Waals surface area contributed by atoms with E-state index in [1.54, 1.807) is 13.0 Å². The van der Waals surface area contributed by atoms with Crippen LogP contribution in [0.4, 0.5) is 4.39 Å². The van der Waals surface area contributed by atoms with Gasteiger partial charge in [-0.15, -0.1) is 0 Å². The summed E-state index contributed by atoms with van der Waals surface area (Å²) in [5.41, 5.74) is 4.32. The van der Waals surface area contributed by atoms with E-state index in [2.05, 4.69) is 40.6 Å². The third-order valence-corrected chi connectivity index (χ3v) is 6.99. The van der Waals surface area contributed by atoms with Gasteiger partial charge in [-0.1, -0.05) is 47.7 Å². The summed E-state index contributed by atoms with van der Waals surface area (Å²) < 4.78 is 19.8. The first-order valence-corrected chi connectivity index (χ1v) is 11.9. The van der Waals surface area contributed by atoms with Crippen LogP contribution in [0.1, 0.15) is 36.6 Å². The second-order valence-corrected chi connectivity index (χ2v) is 9.19. The van der Waals surface area contributed by atoms with Crippen LogP contribution in [0.5, 0.6) is 0 Å². The van der Waals surface area contributed by atoms with E-state index in [9.17, 15) is 9.18 Å². The molecule has 1 aliphatic carbocycles. The SMILES string of the molecule is CCOC(=O)CNCc1ccc(-c2nc3ccc(C4(c5ccccc5)CC4)nc3s2)c(F)c1. The van der Waals surface area contributed by atoms with Crippen LogP contribution in [0, 0.1) is 5.82 Å². The standard InChI is InChI=1S/C26H24FN3O2S/c1-2-32-23(31)16-28-15-17-8-9-19(20(27)14-17)24-29-21-10-11-22(30-25(21)33-24)26(12-13-26)18-6-4-3-5-7-18/h3-11,14,28H,2,12-13,15-16H2,1H3. The fourth-order valence-corrected chi connectivity index (χ4v) is 5.10. The van der Waals surface area contributed by atoms with E-state index in [1.165, 1.54) is 23.0 Å². The third-order valence-electron chi connectivity index (χ3n) is 5.99. The van der Waals surface area contributed by atoms with Gasteiger partial charge >= 0.3 is 5.97 Å². The summed E-state index contributed by atoms with van der Waals surface area (Å²) in [6.45, 7) is 2.57. The van der Waals surface area contributed by atoms with E-state index < -0.39 is 0 Å². The minimum Gasteiger partial charge on any atom is -0.465 e. The van der Waals surface area contributed by atoms with Crippen LogP contribution >= 0.6 is 11.3 Å². The Morgan fingerprint density at radius 3 is 2.67 bits per heavy atom. The number of thiazole rings is 1. The van der Waals surface area contributed by atoms with Crippen molar-refractivity contribution in [3.05, 3.63) is 83.3 Å². The number of rotatable bonds is 8. The van der Waals surface area contributed by atoms with Crippen molar-refractivity contribution in [3.8, 4) is 10.6 Å². The van der Waals surface area contributed by atoms with E-state index in [0.29, 0.717) is 23.7 Å². The minimum atomic E-state index is -0.340. The third kappa shape index (κ3) is 4.38. The molecule has 0 aliphatic heterocycles. The molecule has 0 unspecified atom stereocenters.